The second-order valence-electron chi connectivity index (χ2n) is 8.33. The van der Waals surface area contributed by atoms with E-state index in [9.17, 15) is 9.59 Å². The van der Waals surface area contributed by atoms with Crippen molar-refractivity contribution in [3.8, 4) is 0 Å². The predicted molar refractivity (Wildman–Crippen MR) is 127 cm³/mol. The third-order valence-corrected chi connectivity index (χ3v) is 7.30. The standard InChI is InChI=1S/C26H25N3O2S/c30-24(18-7-2-1-3-8-18)28-21-14-12-19(13-15-21)26(31)29-17-20-9-4-5-11-23(20)32-25-22(29)10-6-16-27-25/h4-6,9-16,18H,1-3,7-8,17H2,(H,28,30). The summed E-state index contributed by atoms with van der Waals surface area (Å²) < 4.78 is 0. The first kappa shape index (κ1) is 20.8. The highest BCUT2D eigenvalue weighted by molar-refractivity contribution is 7.99. The molecule has 5 nitrogen and oxygen atoms in total. The van der Waals surface area contributed by atoms with Crippen molar-refractivity contribution in [3.05, 3.63) is 78.0 Å². The van der Waals surface area contributed by atoms with Crippen LogP contribution in [0.1, 0.15) is 48.0 Å². The number of aromatic nitrogens is 1. The first-order valence-electron chi connectivity index (χ1n) is 11.1. The molecule has 2 amide bonds. The van der Waals surface area contributed by atoms with Gasteiger partial charge in [0.05, 0.1) is 12.2 Å². The Morgan fingerprint density at radius 3 is 2.53 bits per heavy atom. The molecule has 1 N–H and O–H groups in total. The Morgan fingerprint density at radius 2 is 1.72 bits per heavy atom. The number of hydrogen-bond acceptors (Lipinski definition) is 4. The Hall–Kier alpha value is -3.12. The van der Waals surface area contributed by atoms with Gasteiger partial charge in [0.25, 0.3) is 5.91 Å². The SMILES string of the molecule is O=C(Nc1ccc(C(=O)N2Cc3ccccc3Sc3ncccc32)cc1)C1CCCCC1. The first-order chi connectivity index (χ1) is 15.7. The Kier molecular flexibility index (Phi) is 5.95. The van der Waals surface area contributed by atoms with E-state index in [0.29, 0.717) is 12.1 Å². The zero-order valence-electron chi connectivity index (χ0n) is 17.8. The minimum Gasteiger partial charge on any atom is -0.326 e. The fourth-order valence-corrected chi connectivity index (χ4v) is 5.42. The molecule has 5 rings (SSSR count). The molecule has 3 aromatic rings. The largest absolute Gasteiger partial charge is 0.326 e. The zero-order valence-corrected chi connectivity index (χ0v) is 18.6. The molecule has 2 aromatic carbocycles. The van der Waals surface area contributed by atoms with Crippen LogP contribution in [0.25, 0.3) is 0 Å². The van der Waals surface area contributed by atoms with Crippen LogP contribution in [0.4, 0.5) is 11.4 Å². The van der Waals surface area contributed by atoms with E-state index in [1.807, 2.05) is 36.4 Å². The van der Waals surface area contributed by atoms with Gasteiger partial charge in [-0.05, 0) is 60.9 Å². The fraction of sp³-hybridized carbons (Fsp3) is 0.269. The molecule has 0 spiro atoms. The number of pyridine rings is 1. The number of nitrogens with one attached hydrogen (secondary N) is 1. The molecule has 2 aliphatic rings. The lowest BCUT2D eigenvalue weighted by atomic mass is 9.88. The molecule has 0 bridgehead atoms. The lowest BCUT2D eigenvalue weighted by Gasteiger charge is -2.23. The molecule has 1 fully saturated rings. The van der Waals surface area contributed by atoms with Crippen LogP contribution < -0.4 is 10.2 Å². The van der Waals surface area contributed by atoms with Gasteiger partial charge >= 0.3 is 0 Å². The number of benzene rings is 2. The van der Waals surface area contributed by atoms with Crippen LogP contribution in [0.3, 0.4) is 0 Å². The van der Waals surface area contributed by atoms with E-state index >= 15 is 0 Å². The monoisotopic (exact) mass is 443 g/mol. The Labute approximate surface area is 192 Å². The van der Waals surface area contributed by atoms with Crippen LogP contribution in [-0.2, 0) is 11.3 Å². The molecule has 32 heavy (non-hydrogen) atoms. The number of amides is 2. The molecule has 0 atom stereocenters. The summed E-state index contributed by atoms with van der Waals surface area (Å²) in [5.41, 5.74) is 3.23. The molecule has 6 heteroatoms. The number of hydrogen-bond donors (Lipinski definition) is 1. The lowest BCUT2D eigenvalue weighted by molar-refractivity contribution is -0.120. The minimum absolute atomic E-state index is 0.0817. The van der Waals surface area contributed by atoms with E-state index < -0.39 is 0 Å². The van der Waals surface area contributed by atoms with Gasteiger partial charge in [-0.1, -0.05) is 49.2 Å². The quantitative estimate of drug-likeness (QED) is 0.546. The number of carbonyl (C=O) groups is 2. The molecule has 162 valence electrons. The van der Waals surface area contributed by atoms with Crippen LogP contribution in [0, 0.1) is 5.92 Å². The number of fused-ring (bicyclic) bond motifs is 2. The van der Waals surface area contributed by atoms with Crippen LogP contribution in [0.15, 0.2) is 76.8 Å². The van der Waals surface area contributed by atoms with E-state index in [1.165, 1.54) is 6.42 Å². The smallest absolute Gasteiger partial charge is 0.258 e. The Balaban J connectivity index is 1.37. The number of anilines is 2. The number of carbonyl (C=O) groups excluding carboxylic acids is 2. The second-order valence-corrected chi connectivity index (χ2v) is 9.36. The molecule has 1 aliphatic heterocycles. The second kappa shape index (κ2) is 9.17. The maximum Gasteiger partial charge on any atom is 0.258 e. The van der Waals surface area contributed by atoms with Crippen molar-refractivity contribution in [2.75, 3.05) is 10.2 Å². The third kappa shape index (κ3) is 4.28. The topological polar surface area (TPSA) is 62.3 Å². The van der Waals surface area contributed by atoms with Gasteiger partial charge in [0.15, 0.2) is 0 Å². The molecule has 1 saturated carbocycles. The number of rotatable bonds is 3. The fourth-order valence-electron chi connectivity index (χ4n) is 4.40. The molecule has 0 radical (unpaired) electrons. The average Bonchev–Trinajstić information content (AvgIpc) is 3.01. The van der Waals surface area contributed by atoms with E-state index in [4.69, 9.17) is 0 Å². The summed E-state index contributed by atoms with van der Waals surface area (Å²) in [5, 5.41) is 3.84. The predicted octanol–water partition coefficient (Wildman–Crippen LogP) is 5.91. The van der Waals surface area contributed by atoms with Gasteiger partial charge in [-0.3, -0.25) is 9.59 Å². The summed E-state index contributed by atoms with van der Waals surface area (Å²) in [6, 6.07) is 19.1. The highest BCUT2D eigenvalue weighted by Gasteiger charge is 2.26. The third-order valence-electron chi connectivity index (χ3n) is 6.17. The molecule has 2 heterocycles. The van der Waals surface area contributed by atoms with Gasteiger partial charge in [-0.15, -0.1) is 0 Å². The molecular weight excluding hydrogens is 418 g/mol. The van der Waals surface area contributed by atoms with Gasteiger partial charge in [0.2, 0.25) is 5.91 Å². The van der Waals surface area contributed by atoms with E-state index in [0.717, 1.165) is 52.5 Å². The summed E-state index contributed by atoms with van der Waals surface area (Å²) in [6.07, 6.45) is 7.15. The summed E-state index contributed by atoms with van der Waals surface area (Å²) in [5.74, 6) is 0.107. The average molecular weight is 444 g/mol. The van der Waals surface area contributed by atoms with Gasteiger partial charge in [0.1, 0.15) is 5.03 Å². The Morgan fingerprint density at radius 1 is 0.938 bits per heavy atom. The van der Waals surface area contributed by atoms with Crippen molar-refractivity contribution in [3.63, 3.8) is 0 Å². The first-order valence-corrected chi connectivity index (χ1v) is 11.9. The van der Waals surface area contributed by atoms with Crippen molar-refractivity contribution >= 4 is 35.0 Å². The van der Waals surface area contributed by atoms with Crippen LogP contribution >= 0.6 is 11.8 Å². The van der Waals surface area contributed by atoms with E-state index in [2.05, 4.69) is 22.4 Å². The number of nitrogens with zero attached hydrogens (tertiary/aromatic N) is 2. The normalized spacial score (nSPS) is 15.9. The highest BCUT2D eigenvalue weighted by Crippen LogP contribution is 2.40. The van der Waals surface area contributed by atoms with Crippen LogP contribution in [0.2, 0.25) is 0 Å². The molecular formula is C26H25N3O2S. The summed E-state index contributed by atoms with van der Waals surface area (Å²) in [6.45, 7) is 0.487. The van der Waals surface area contributed by atoms with Crippen molar-refractivity contribution in [1.29, 1.82) is 0 Å². The van der Waals surface area contributed by atoms with E-state index in [-0.39, 0.29) is 17.7 Å². The molecule has 1 aliphatic carbocycles. The van der Waals surface area contributed by atoms with Gasteiger partial charge < -0.3 is 10.2 Å². The van der Waals surface area contributed by atoms with Crippen molar-refractivity contribution in [2.24, 2.45) is 5.92 Å². The zero-order chi connectivity index (χ0) is 21.9. The minimum atomic E-state index is -0.0817. The van der Waals surface area contributed by atoms with Crippen molar-refractivity contribution in [2.45, 2.75) is 48.6 Å². The highest BCUT2D eigenvalue weighted by atomic mass is 32.2. The Bertz CT molecular complexity index is 1140. The summed E-state index contributed by atoms with van der Waals surface area (Å²) in [7, 11) is 0. The van der Waals surface area contributed by atoms with Gasteiger partial charge in [0, 0.05) is 28.3 Å². The van der Waals surface area contributed by atoms with Crippen molar-refractivity contribution in [1.82, 2.24) is 4.98 Å². The van der Waals surface area contributed by atoms with Gasteiger partial charge in [-0.25, -0.2) is 4.98 Å². The summed E-state index contributed by atoms with van der Waals surface area (Å²) in [4.78, 5) is 33.5. The van der Waals surface area contributed by atoms with Crippen LogP contribution in [-0.4, -0.2) is 16.8 Å². The van der Waals surface area contributed by atoms with Gasteiger partial charge in [-0.2, -0.15) is 0 Å². The molecule has 1 aromatic heterocycles. The molecule has 0 unspecified atom stereocenters. The van der Waals surface area contributed by atoms with Crippen LogP contribution in [0.5, 0.6) is 0 Å². The summed E-state index contributed by atoms with van der Waals surface area (Å²) >= 11 is 1.59. The molecule has 0 saturated heterocycles. The van der Waals surface area contributed by atoms with Crippen molar-refractivity contribution < 1.29 is 9.59 Å². The maximum atomic E-state index is 13.5. The van der Waals surface area contributed by atoms with E-state index in [1.54, 1.807) is 35.0 Å². The maximum absolute atomic E-state index is 13.5. The lowest BCUT2D eigenvalue weighted by Crippen LogP contribution is -2.30.